The summed E-state index contributed by atoms with van der Waals surface area (Å²) in [6.07, 6.45) is 0. The van der Waals surface area contributed by atoms with Crippen LogP contribution in [0.4, 0.5) is 4.39 Å². The lowest BCUT2D eigenvalue weighted by molar-refractivity contribution is -0.122. The molecule has 1 N–H and O–H groups in total. The lowest BCUT2D eigenvalue weighted by Crippen LogP contribution is -2.51. The number of benzene rings is 1. The summed E-state index contributed by atoms with van der Waals surface area (Å²) < 4.78 is 13.9. The Morgan fingerprint density at radius 2 is 1.92 bits per heavy atom. The minimum atomic E-state index is -0.608. The van der Waals surface area contributed by atoms with Crippen LogP contribution in [0.25, 0.3) is 0 Å². The van der Waals surface area contributed by atoms with Crippen molar-refractivity contribution in [2.24, 2.45) is 5.92 Å². The lowest BCUT2D eigenvalue weighted by Gasteiger charge is -2.34. The normalized spacial score (nSPS) is 15.6. The number of nitrogens with one attached hydrogen (secondary N) is 1. The molecule has 0 aliphatic carbocycles. The number of piperazine rings is 1. The Bertz CT molecular complexity index is 601. The number of amides is 2. The molecule has 132 valence electrons. The van der Waals surface area contributed by atoms with E-state index in [9.17, 15) is 14.0 Å². The van der Waals surface area contributed by atoms with E-state index >= 15 is 0 Å². The molecule has 1 heterocycles. The number of halogens is 2. The molecule has 2 rings (SSSR count). The third-order valence-corrected chi connectivity index (χ3v) is 4.13. The predicted molar refractivity (Wildman–Crippen MR) is 91.6 cm³/mol. The van der Waals surface area contributed by atoms with E-state index in [0.29, 0.717) is 45.2 Å². The number of nitrogens with zero attached hydrogens (tertiary/aromatic N) is 2. The average molecular weight is 356 g/mol. The van der Waals surface area contributed by atoms with Gasteiger partial charge in [0.25, 0.3) is 5.91 Å². The third-order valence-electron chi connectivity index (χ3n) is 3.90. The van der Waals surface area contributed by atoms with Crippen LogP contribution in [-0.4, -0.2) is 60.9 Å². The topological polar surface area (TPSA) is 52.7 Å². The van der Waals surface area contributed by atoms with Crippen LogP contribution >= 0.6 is 11.6 Å². The van der Waals surface area contributed by atoms with Crippen LogP contribution < -0.4 is 5.32 Å². The minimum absolute atomic E-state index is 0.00720. The first-order valence-corrected chi connectivity index (χ1v) is 8.48. The summed E-state index contributed by atoms with van der Waals surface area (Å²) in [5, 5.41) is 3.14. The van der Waals surface area contributed by atoms with Crippen LogP contribution in [0.15, 0.2) is 18.2 Å². The zero-order chi connectivity index (χ0) is 17.7. The summed E-state index contributed by atoms with van der Waals surface area (Å²) in [5.74, 6) is -0.541. The van der Waals surface area contributed by atoms with Crippen molar-refractivity contribution in [1.82, 2.24) is 15.1 Å². The molecule has 0 aromatic heterocycles. The molecule has 0 radical (unpaired) electrons. The van der Waals surface area contributed by atoms with Crippen molar-refractivity contribution in [3.05, 3.63) is 34.6 Å². The molecule has 2 amide bonds. The standard InChI is InChI=1S/C17H23ClFN3O2/c1-12(2)10-20-16(23)11-21-5-7-22(8-6-21)17(24)14-4-3-13(18)9-15(14)19/h3-4,9,12H,5-8,10-11H2,1-2H3,(H,20,23). The van der Waals surface area contributed by atoms with Gasteiger partial charge in [-0.2, -0.15) is 0 Å². The van der Waals surface area contributed by atoms with Crippen molar-refractivity contribution in [2.75, 3.05) is 39.3 Å². The predicted octanol–water partition coefficient (Wildman–Crippen LogP) is 2.01. The van der Waals surface area contributed by atoms with Crippen molar-refractivity contribution in [1.29, 1.82) is 0 Å². The van der Waals surface area contributed by atoms with Crippen molar-refractivity contribution in [2.45, 2.75) is 13.8 Å². The van der Waals surface area contributed by atoms with Gasteiger partial charge in [-0.1, -0.05) is 25.4 Å². The quantitative estimate of drug-likeness (QED) is 0.879. The van der Waals surface area contributed by atoms with Crippen molar-refractivity contribution in [3.8, 4) is 0 Å². The molecular formula is C17H23ClFN3O2. The number of hydrogen-bond acceptors (Lipinski definition) is 3. The molecule has 0 bridgehead atoms. The van der Waals surface area contributed by atoms with Crippen LogP contribution in [0, 0.1) is 11.7 Å². The highest BCUT2D eigenvalue weighted by molar-refractivity contribution is 6.30. The van der Waals surface area contributed by atoms with Gasteiger partial charge in [-0.3, -0.25) is 14.5 Å². The Balaban J connectivity index is 1.84. The molecule has 24 heavy (non-hydrogen) atoms. The van der Waals surface area contributed by atoms with E-state index in [1.54, 1.807) is 4.90 Å². The second-order valence-electron chi connectivity index (χ2n) is 6.39. The van der Waals surface area contributed by atoms with E-state index in [1.807, 2.05) is 18.7 Å². The Morgan fingerprint density at radius 3 is 2.50 bits per heavy atom. The smallest absolute Gasteiger partial charge is 0.256 e. The number of carbonyl (C=O) groups excluding carboxylic acids is 2. The van der Waals surface area contributed by atoms with E-state index in [4.69, 9.17) is 11.6 Å². The summed E-state index contributed by atoms with van der Waals surface area (Å²) in [4.78, 5) is 27.8. The van der Waals surface area contributed by atoms with Crippen molar-refractivity contribution < 1.29 is 14.0 Å². The molecule has 0 saturated carbocycles. The second kappa shape index (κ2) is 8.44. The fraction of sp³-hybridized carbons (Fsp3) is 0.529. The van der Waals surface area contributed by atoms with Gasteiger partial charge >= 0.3 is 0 Å². The van der Waals surface area contributed by atoms with Gasteiger partial charge in [0, 0.05) is 37.7 Å². The molecule has 1 aromatic carbocycles. The average Bonchev–Trinajstić information content (AvgIpc) is 2.53. The number of rotatable bonds is 5. The van der Waals surface area contributed by atoms with Crippen LogP contribution in [0.2, 0.25) is 5.02 Å². The Morgan fingerprint density at radius 1 is 1.25 bits per heavy atom. The maximum absolute atomic E-state index is 13.9. The highest BCUT2D eigenvalue weighted by Gasteiger charge is 2.25. The third kappa shape index (κ3) is 5.18. The second-order valence-corrected chi connectivity index (χ2v) is 6.83. The molecular weight excluding hydrogens is 333 g/mol. The molecule has 5 nitrogen and oxygen atoms in total. The molecule has 1 saturated heterocycles. The molecule has 0 spiro atoms. The minimum Gasteiger partial charge on any atom is -0.355 e. The first-order chi connectivity index (χ1) is 11.4. The van der Waals surface area contributed by atoms with Crippen LogP contribution in [0.1, 0.15) is 24.2 Å². The van der Waals surface area contributed by atoms with Gasteiger partial charge in [-0.05, 0) is 24.1 Å². The zero-order valence-electron chi connectivity index (χ0n) is 14.0. The van der Waals surface area contributed by atoms with Gasteiger partial charge in [-0.15, -0.1) is 0 Å². The fourth-order valence-electron chi connectivity index (χ4n) is 2.52. The molecule has 0 unspecified atom stereocenters. The summed E-state index contributed by atoms with van der Waals surface area (Å²) in [7, 11) is 0. The van der Waals surface area contributed by atoms with E-state index in [0.717, 1.165) is 6.07 Å². The van der Waals surface area contributed by atoms with Gasteiger partial charge in [0.15, 0.2) is 0 Å². The molecule has 7 heteroatoms. The number of hydrogen-bond donors (Lipinski definition) is 1. The van der Waals surface area contributed by atoms with Crippen LogP contribution in [0.5, 0.6) is 0 Å². The zero-order valence-corrected chi connectivity index (χ0v) is 14.8. The molecule has 1 aliphatic heterocycles. The number of carbonyl (C=O) groups is 2. The van der Waals surface area contributed by atoms with Gasteiger partial charge in [0.1, 0.15) is 5.82 Å². The van der Waals surface area contributed by atoms with E-state index in [-0.39, 0.29) is 22.4 Å². The lowest BCUT2D eigenvalue weighted by atomic mass is 10.1. The first kappa shape index (κ1) is 18.7. The van der Waals surface area contributed by atoms with E-state index in [1.165, 1.54) is 12.1 Å². The maximum atomic E-state index is 13.9. The summed E-state index contributed by atoms with van der Waals surface area (Å²) in [6.45, 7) is 7.20. The Kier molecular flexibility index (Phi) is 6.57. The largest absolute Gasteiger partial charge is 0.355 e. The Hall–Kier alpha value is -1.66. The van der Waals surface area contributed by atoms with Crippen LogP contribution in [0.3, 0.4) is 0 Å². The van der Waals surface area contributed by atoms with Gasteiger partial charge in [-0.25, -0.2) is 4.39 Å². The monoisotopic (exact) mass is 355 g/mol. The summed E-state index contributed by atoms with van der Waals surface area (Å²) in [5.41, 5.74) is 0.0301. The van der Waals surface area contributed by atoms with Gasteiger partial charge in [0.05, 0.1) is 12.1 Å². The van der Waals surface area contributed by atoms with Crippen LogP contribution in [-0.2, 0) is 4.79 Å². The molecule has 0 atom stereocenters. The van der Waals surface area contributed by atoms with E-state index in [2.05, 4.69) is 5.32 Å². The highest BCUT2D eigenvalue weighted by atomic mass is 35.5. The van der Waals surface area contributed by atoms with Gasteiger partial charge in [0.2, 0.25) is 5.91 Å². The maximum Gasteiger partial charge on any atom is 0.256 e. The molecule has 1 fully saturated rings. The summed E-state index contributed by atoms with van der Waals surface area (Å²) in [6, 6.07) is 4.06. The molecule has 1 aromatic rings. The fourth-order valence-corrected chi connectivity index (χ4v) is 2.68. The highest BCUT2D eigenvalue weighted by Crippen LogP contribution is 2.17. The molecule has 1 aliphatic rings. The van der Waals surface area contributed by atoms with Crippen molar-refractivity contribution in [3.63, 3.8) is 0 Å². The van der Waals surface area contributed by atoms with E-state index < -0.39 is 5.82 Å². The summed E-state index contributed by atoms with van der Waals surface area (Å²) >= 11 is 5.71. The SMILES string of the molecule is CC(C)CNC(=O)CN1CCN(C(=O)c2ccc(Cl)cc2F)CC1. The Labute approximate surface area is 146 Å². The van der Waals surface area contributed by atoms with Crippen molar-refractivity contribution >= 4 is 23.4 Å². The van der Waals surface area contributed by atoms with Gasteiger partial charge < -0.3 is 10.2 Å². The first-order valence-electron chi connectivity index (χ1n) is 8.10.